The van der Waals surface area contributed by atoms with Crippen molar-refractivity contribution in [3.05, 3.63) is 34.3 Å². The van der Waals surface area contributed by atoms with Crippen LogP contribution in [0.4, 0.5) is 0 Å². The third-order valence-electron chi connectivity index (χ3n) is 2.70. The van der Waals surface area contributed by atoms with Gasteiger partial charge in [-0.3, -0.25) is 4.79 Å². The molecule has 1 aliphatic rings. The smallest absolute Gasteiger partial charge is 0.313 e. The Morgan fingerprint density at radius 2 is 2.35 bits per heavy atom. The molecule has 17 heavy (non-hydrogen) atoms. The molecule has 0 aliphatic carbocycles. The van der Waals surface area contributed by atoms with E-state index in [9.17, 15) is 4.79 Å². The van der Waals surface area contributed by atoms with E-state index in [-0.39, 0.29) is 24.5 Å². The van der Waals surface area contributed by atoms with Crippen molar-refractivity contribution < 1.29 is 14.3 Å². The molecule has 0 saturated carbocycles. The summed E-state index contributed by atoms with van der Waals surface area (Å²) in [4.78, 5) is 11.7. The number of nitrogens with two attached hydrogens (primary N) is 1. The minimum Gasteiger partial charge on any atom is -0.460 e. The van der Waals surface area contributed by atoms with Crippen LogP contribution in [0.3, 0.4) is 0 Å². The normalized spacial score (nSPS) is 23.6. The Kier molecular flexibility index (Phi) is 4.15. The van der Waals surface area contributed by atoms with E-state index in [0.717, 1.165) is 10.0 Å². The molecule has 1 saturated heterocycles. The number of carbonyl (C=O) groups excluding carboxylic acids is 1. The first-order chi connectivity index (χ1) is 8.16. The van der Waals surface area contributed by atoms with Crippen molar-refractivity contribution in [3.63, 3.8) is 0 Å². The third-order valence-corrected chi connectivity index (χ3v) is 3.19. The zero-order chi connectivity index (χ0) is 12.3. The fourth-order valence-electron chi connectivity index (χ4n) is 1.70. The standard InChI is InChI=1S/C12H14BrNO3/c13-9-3-1-2-8(4-9)5-17-12(15)10-6-16-7-11(10)14/h1-4,10-11H,5-7,14H2. The summed E-state index contributed by atoms with van der Waals surface area (Å²) in [6, 6.07) is 7.40. The first-order valence-electron chi connectivity index (χ1n) is 5.41. The third kappa shape index (κ3) is 3.28. The van der Waals surface area contributed by atoms with E-state index in [1.54, 1.807) is 0 Å². The van der Waals surface area contributed by atoms with E-state index >= 15 is 0 Å². The first kappa shape index (κ1) is 12.5. The van der Waals surface area contributed by atoms with E-state index in [1.165, 1.54) is 0 Å². The molecular formula is C12H14BrNO3. The zero-order valence-electron chi connectivity index (χ0n) is 9.27. The van der Waals surface area contributed by atoms with Gasteiger partial charge < -0.3 is 15.2 Å². The van der Waals surface area contributed by atoms with Gasteiger partial charge in [-0.1, -0.05) is 28.1 Å². The fourth-order valence-corrected chi connectivity index (χ4v) is 2.15. The number of ether oxygens (including phenoxy) is 2. The van der Waals surface area contributed by atoms with Gasteiger partial charge in [0.25, 0.3) is 0 Å². The quantitative estimate of drug-likeness (QED) is 0.859. The van der Waals surface area contributed by atoms with Crippen LogP contribution in [0.1, 0.15) is 5.56 Å². The lowest BCUT2D eigenvalue weighted by atomic mass is 10.1. The summed E-state index contributed by atoms with van der Waals surface area (Å²) >= 11 is 3.36. The van der Waals surface area contributed by atoms with E-state index in [1.807, 2.05) is 24.3 Å². The average Bonchev–Trinajstić information content (AvgIpc) is 2.72. The molecule has 2 atom stereocenters. The maximum absolute atomic E-state index is 11.7. The molecule has 2 rings (SSSR count). The van der Waals surface area contributed by atoms with Gasteiger partial charge in [0.15, 0.2) is 0 Å². The second-order valence-electron chi connectivity index (χ2n) is 4.05. The van der Waals surface area contributed by atoms with Crippen LogP contribution in [0.2, 0.25) is 0 Å². The van der Waals surface area contributed by atoms with Crippen molar-refractivity contribution in [1.29, 1.82) is 0 Å². The van der Waals surface area contributed by atoms with Crippen LogP contribution in [0.15, 0.2) is 28.7 Å². The lowest BCUT2D eigenvalue weighted by Gasteiger charge is -2.12. The van der Waals surface area contributed by atoms with Crippen molar-refractivity contribution in [2.24, 2.45) is 11.7 Å². The molecular weight excluding hydrogens is 286 g/mol. The van der Waals surface area contributed by atoms with Crippen LogP contribution in [0, 0.1) is 5.92 Å². The Morgan fingerprint density at radius 1 is 1.53 bits per heavy atom. The second-order valence-corrected chi connectivity index (χ2v) is 4.96. The molecule has 2 N–H and O–H groups in total. The highest BCUT2D eigenvalue weighted by atomic mass is 79.9. The molecule has 0 amide bonds. The maximum Gasteiger partial charge on any atom is 0.313 e. The lowest BCUT2D eigenvalue weighted by Crippen LogP contribution is -2.35. The van der Waals surface area contributed by atoms with Gasteiger partial charge in [-0.15, -0.1) is 0 Å². The topological polar surface area (TPSA) is 61.5 Å². The van der Waals surface area contributed by atoms with Gasteiger partial charge in [0.2, 0.25) is 0 Å². The Morgan fingerprint density at radius 3 is 3.00 bits per heavy atom. The molecule has 0 spiro atoms. The van der Waals surface area contributed by atoms with E-state index in [4.69, 9.17) is 15.2 Å². The lowest BCUT2D eigenvalue weighted by molar-refractivity contribution is -0.150. The van der Waals surface area contributed by atoms with Gasteiger partial charge in [-0.2, -0.15) is 0 Å². The molecule has 0 aromatic heterocycles. The number of hydrogen-bond acceptors (Lipinski definition) is 4. The van der Waals surface area contributed by atoms with Gasteiger partial charge >= 0.3 is 5.97 Å². The molecule has 1 heterocycles. The summed E-state index contributed by atoms with van der Waals surface area (Å²) in [5, 5.41) is 0. The van der Waals surface area contributed by atoms with Gasteiger partial charge in [0, 0.05) is 10.5 Å². The van der Waals surface area contributed by atoms with Crippen LogP contribution >= 0.6 is 15.9 Å². The molecule has 4 nitrogen and oxygen atoms in total. The predicted octanol–water partition coefficient (Wildman–Crippen LogP) is 1.47. The zero-order valence-corrected chi connectivity index (χ0v) is 10.9. The summed E-state index contributed by atoms with van der Waals surface area (Å²) in [7, 11) is 0. The molecule has 5 heteroatoms. The van der Waals surface area contributed by atoms with E-state index < -0.39 is 0 Å². The summed E-state index contributed by atoms with van der Waals surface area (Å²) < 4.78 is 11.3. The monoisotopic (exact) mass is 299 g/mol. The highest BCUT2D eigenvalue weighted by Crippen LogP contribution is 2.16. The number of halogens is 1. The van der Waals surface area contributed by atoms with Crippen molar-refractivity contribution in [1.82, 2.24) is 0 Å². The van der Waals surface area contributed by atoms with Crippen LogP contribution in [0.25, 0.3) is 0 Å². The average molecular weight is 300 g/mol. The largest absolute Gasteiger partial charge is 0.460 e. The summed E-state index contributed by atoms with van der Waals surface area (Å²) in [6.45, 7) is 1.05. The summed E-state index contributed by atoms with van der Waals surface area (Å²) in [6.07, 6.45) is 0. The molecule has 2 unspecified atom stereocenters. The van der Waals surface area contributed by atoms with E-state index in [2.05, 4.69) is 15.9 Å². The SMILES string of the molecule is NC1COCC1C(=O)OCc1cccc(Br)c1. The molecule has 1 aromatic carbocycles. The maximum atomic E-state index is 11.7. The minimum absolute atomic E-state index is 0.245. The molecule has 1 aromatic rings. The molecule has 92 valence electrons. The van der Waals surface area contributed by atoms with Crippen molar-refractivity contribution in [2.75, 3.05) is 13.2 Å². The van der Waals surface area contributed by atoms with E-state index in [0.29, 0.717) is 13.2 Å². The minimum atomic E-state index is -0.331. The van der Waals surface area contributed by atoms with Crippen LogP contribution in [-0.2, 0) is 20.9 Å². The van der Waals surface area contributed by atoms with Crippen molar-refractivity contribution >= 4 is 21.9 Å². The van der Waals surface area contributed by atoms with Crippen LogP contribution in [0.5, 0.6) is 0 Å². The summed E-state index contributed by atoms with van der Waals surface area (Å²) in [5.41, 5.74) is 6.68. The molecule has 1 fully saturated rings. The second kappa shape index (κ2) is 5.62. The number of esters is 1. The molecule has 0 radical (unpaired) electrons. The first-order valence-corrected chi connectivity index (χ1v) is 6.20. The number of rotatable bonds is 3. The molecule has 0 bridgehead atoms. The number of carbonyl (C=O) groups is 1. The Labute approximate surface area is 108 Å². The van der Waals surface area contributed by atoms with Gasteiger partial charge in [0.05, 0.1) is 19.1 Å². The van der Waals surface area contributed by atoms with Gasteiger partial charge in [-0.25, -0.2) is 0 Å². The predicted molar refractivity (Wildman–Crippen MR) is 66.2 cm³/mol. The highest BCUT2D eigenvalue weighted by molar-refractivity contribution is 9.10. The number of benzene rings is 1. The Bertz CT molecular complexity index is 410. The van der Waals surface area contributed by atoms with Gasteiger partial charge in [0.1, 0.15) is 6.61 Å². The Hall–Kier alpha value is -0.910. The van der Waals surface area contributed by atoms with Crippen molar-refractivity contribution in [2.45, 2.75) is 12.6 Å². The van der Waals surface area contributed by atoms with Gasteiger partial charge in [-0.05, 0) is 17.7 Å². The summed E-state index contributed by atoms with van der Waals surface area (Å²) in [5.74, 6) is -0.614. The van der Waals surface area contributed by atoms with Crippen LogP contribution < -0.4 is 5.73 Å². The van der Waals surface area contributed by atoms with Crippen LogP contribution in [-0.4, -0.2) is 25.2 Å². The fraction of sp³-hybridized carbons (Fsp3) is 0.417. The molecule has 1 aliphatic heterocycles. The number of hydrogen-bond donors (Lipinski definition) is 1. The highest BCUT2D eigenvalue weighted by Gasteiger charge is 2.32. The van der Waals surface area contributed by atoms with Crippen molar-refractivity contribution in [3.8, 4) is 0 Å². The Balaban J connectivity index is 1.88.